The van der Waals surface area contributed by atoms with Crippen LogP contribution in [0.1, 0.15) is 0 Å². The van der Waals surface area contributed by atoms with Gasteiger partial charge in [-0.1, -0.05) is 0 Å². The Morgan fingerprint density at radius 3 is 0.900 bits per heavy atom. The summed E-state index contributed by atoms with van der Waals surface area (Å²) in [6.45, 7) is 0. The number of hydrogen-bond acceptors (Lipinski definition) is 6. The van der Waals surface area contributed by atoms with Gasteiger partial charge in [0.15, 0.2) is 0 Å². The summed E-state index contributed by atoms with van der Waals surface area (Å²) in [6, 6.07) is 0. The monoisotopic (exact) mass is 231 g/mol. The standard InChI is InChI=1S/Mn.H4O6P2.H2O/c;1-7(2,3)8(4,5)6;/h;(H2,1,2,3)(H2,4,5,6);1H2/q+4;;/p-4. The first-order valence-electron chi connectivity index (χ1n) is 1.30. The van der Waals surface area contributed by atoms with E-state index in [1.807, 2.05) is 0 Å². The molecule has 0 aromatic heterocycles. The van der Waals surface area contributed by atoms with Gasteiger partial charge in [-0.25, -0.2) is 0 Å². The molecule has 10 heteroatoms. The molecule has 0 heterocycles. The van der Waals surface area contributed by atoms with Gasteiger partial charge in [0.05, 0.1) is 0 Å². The molecule has 10 heavy (non-hydrogen) atoms. The molecule has 0 rings (SSSR count). The summed E-state index contributed by atoms with van der Waals surface area (Å²) >= 11 is 0. The van der Waals surface area contributed by atoms with Gasteiger partial charge in [-0.15, -0.1) is 0 Å². The molecule has 61 valence electrons. The van der Waals surface area contributed by atoms with Gasteiger partial charge in [-0.2, -0.15) is 0 Å². The molecule has 0 spiro atoms. The fourth-order valence-electron chi connectivity index (χ4n) is 0. The summed E-state index contributed by atoms with van der Waals surface area (Å²) in [5.41, 5.74) is 0. The molecule has 0 fully saturated rings. The zero-order valence-electron chi connectivity index (χ0n) is 4.22. The van der Waals surface area contributed by atoms with Gasteiger partial charge in [0.2, 0.25) is 0 Å². The van der Waals surface area contributed by atoms with Gasteiger partial charge >= 0.3 is 17.1 Å². The van der Waals surface area contributed by atoms with Gasteiger partial charge in [0.1, 0.15) is 0 Å². The molecule has 1 radical (unpaired) electrons. The molecule has 0 atom stereocenters. The third-order valence-corrected chi connectivity index (χ3v) is 2.70. The van der Waals surface area contributed by atoms with Crippen molar-refractivity contribution in [2.75, 3.05) is 0 Å². The maximum absolute atomic E-state index is 9.24. The topological polar surface area (TPSA) is 158 Å². The summed E-state index contributed by atoms with van der Waals surface area (Å²) < 4.78 is 18.5. The van der Waals surface area contributed by atoms with E-state index in [2.05, 4.69) is 0 Å². The van der Waals surface area contributed by atoms with Crippen LogP contribution in [0.2, 0.25) is 0 Å². The maximum Gasteiger partial charge on any atom is 4.00 e. The van der Waals surface area contributed by atoms with E-state index in [-0.39, 0.29) is 22.5 Å². The van der Waals surface area contributed by atoms with Gasteiger partial charge in [0, 0.05) is 0 Å². The van der Waals surface area contributed by atoms with Crippen LogP contribution in [0, 0.1) is 0 Å². The van der Waals surface area contributed by atoms with Crippen molar-refractivity contribution in [2.45, 2.75) is 0 Å². The van der Waals surface area contributed by atoms with E-state index in [1.165, 1.54) is 0 Å². The van der Waals surface area contributed by atoms with Gasteiger partial charge in [0.25, 0.3) is 0 Å². The van der Waals surface area contributed by atoms with E-state index in [1.54, 1.807) is 0 Å². The third kappa shape index (κ3) is 5.56. The van der Waals surface area contributed by atoms with Crippen molar-refractivity contribution < 1.29 is 51.2 Å². The van der Waals surface area contributed by atoms with E-state index in [9.17, 15) is 28.7 Å². The van der Waals surface area contributed by atoms with Crippen LogP contribution >= 0.6 is 14.6 Å². The zero-order valence-corrected chi connectivity index (χ0v) is 7.19. The molecule has 0 unspecified atom stereocenters. The SMILES string of the molecule is O.O=P([O-])([O-])P(=O)([O-])[O-].[Mn+4]. The van der Waals surface area contributed by atoms with E-state index < -0.39 is 14.6 Å². The predicted molar refractivity (Wildman–Crippen MR) is 18.8 cm³/mol. The average molecular weight is 231 g/mol. The van der Waals surface area contributed by atoms with Gasteiger partial charge < -0.3 is 34.2 Å². The van der Waals surface area contributed by atoms with Crippen LogP contribution in [0.15, 0.2) is 0 Å². The second-order valence-electron chi connectivity index (χ2n) is 0.937. The van der Waals surface area contributed by atoms with Crippen molar-refractivity contribution in [1.29, 1.82) is 0 Å². The van der Waals surface area contributed by atoms with E-state index >= 15 is 0 Å². The van der Waals surface area contributed by atoms with Crippen molar-refractivity contribution in [2.24, 2.45) is 0 Å². The molecular formula is H2MnO7P2. The molecule has 0 aromatic carbocycles. The van der Waals surface area contributed by atoms with Crippen LogP contribution in [-0.4, -0.2) is 5.48 Å². The largest absolute Gasteiger partial charge is 4.00 e. The van der Waals surface area contributed by atoms with E-state index in [4.69, 9.17) is 0 Å². The third-order valence-electron chi connectivity index (χ3n) is 0.300. The summed E-state index contributed by atoms with van der Waals surface area (Å²) in [4.78, 5) is 36.9. The molecular weight excluding hydrogens is 229 g/mol. The van der Waals surface area contributed by atoms with Crippen molar-refractivity contribution >= 4 is 14.6 Å². The quantitative estimate of drug-likeness (QED) is 0.329. The Morgan fingerprint density at radius 1 is 0.800 bits per heavy atom. The molecule has 0 aliphatic heterocycles. The fraction of sp³-hybridized carbons (Fsp3) is 0. The summed E-state index contributed by atoms with van der Waals surface area (Å²) in [5.74, 6) is 0. The van der Waals surface area contributed by atoms with Gasteiger partial charge in [-0.3, -0.25) is 0 Å². The zero-order chi connectivity index (χ0) is 7.00. The molecule has 0 bridgehead atoms. The summed E-state index contributed by atoms with van der Waals surface area (Å²) in [6.07, 6.45) is 0. The minimum atomic E-state index is -5.91. The molecule has 7 nitrogen and oxygen atoms in total. The predicted octanol–water partition coefficient (Wildman–Crippen LogP) is -4.10. The van der Waals surface area contributed by atoms with Crippen LogP contribution in [0.5, 0.6) is 0 Å². The van der Waals surface area contributed by atoms with E-state index in [0.29, 0.717) is 0 Å². The van der Waals surface area contributed by atoms with Crippen LogP contribution < -0.4 is 19.6 Å². The molecule has 0 saturated heterocycles. The Kier molecular flexibility index (Phi) is 7.86. The molecule has 0 saturated carbocycles. The molecule has 0 aromatic rings. The van der Waals surface area contributed by atoms with Crippen molar-refractivity contribution in [1.82, 2.24) is 0 Å². The molecule has 0 aliphatic carbocycles. The van der Waals surface area contributed by atoms with Crippen molar-refractivity contribution in [3.63, 3.8) is 0 Å². The molecule has 0 aliphatic rings. The number of hydrogen-bond donors (Lipinski definition) is 0. The first-order valence-corrected chi connectivity index (χ1v) is 5.09. The van der Waals surface area contributed by atoms with Gasteiger partial charge in [-0.05, 0) is 14.6 Å². The maximum atomic E-state index is 9.24. The Bertz CT molecular complexity index is 140. The van der Waals surface area contributed by atoms with Crippen LogP contribution in [0.4, 0.5) is 0 Å². The first kappa shape index (κ1) is 17.0. The van der Waals surface area contributed by atoms with Crippen molar-refractivity contribution in [3.05, 3.63) is 0 Å². The average Bonchev–Trinajstić information content (AvgIpc) is 1.25. The van der Waals surface area contributed by atoms with Crippen molar-refractivity contribution in [3.8, 4) is 0 Å². The Labute approximate surface area is 66.4 Å². The van der Waals surface area contributed by atoms with E-state index in [0.717, 1.165) is 0 Å². The summed E-state index contributed by atoms with van der Waals surface area (Å²) in [5, 5.41) is 0. The minimum absolute atomic E-state index is 0. The Hall–Kier alpha value is 0.779. The van der Waals surface area contributed by atoms with Crippen LogP contribution in [0.25, 0.3) is 0 Å². The van der Waals surface area contributed by atoms with Crippen LogP contribution in [-0.2, 0) is 26.2 Å². The number of rotatable bonds is 1. The smallest absolute Gasteiger partial charge is 0.807 e. The Balaban J connectivity index is -0.000000245. The minimum Gasteiger partial charge on any atom is -0.807 e. The Morgan fingerprint density at radius 2 is 0.900 bits per heavy atom. The normalized spacial score (nSPS) is 11.2. The first-order chi connectivity index (χ1) is 3.25. The second kappa shape index (κ2) is 4.62. The summed E-state index contributed by atoms with van der Waals surface area (Å²) in [7, 11) is -11.8. The fourth-order valence-corrected chi connectivity index (χ4v) is 0. The van der Waals surface area contributed by atoms with Crippen LogP contribution in [0.3, 0.4) is 0 Å². The second-order valence-corrected chi connectivity index (χ2v) is 5.75. The molecule has 0 amide bonds. The molecule has 2 N–H and O–H groups in total.